The van der Waals surface area contributed by atoms with Crippen molar-refractivity contribution < 1.29 is 0 Å². The van der Waals surface area contributed by atoms with Gasteiger partial charge in [0, 0.05) is 18.9 Å². The van der Waals surface area contributed by atoms with Gasteiger partial charge in [-0.25, -0.2) is 0 Å². The van der Waals surface area contributed by atoms with Gasteiger partial charge in [-0.2, -0.15) is 10.4 Å². The van der Waals surface area contributed by atoms with Crippen molar-refractivity contribution in [2.45, 2.75) is 38.5 Å². The van der Waals surface area contributed by atoms with Crippen LogP contribution in [0.3, 0.4) is 0 Å². The van der Waals surface area contributed by atoms with Crippen LogP contribution in [0, 0.1) is 16.7 Å². The van der Waals surface area contributed by atoms with Crippen molar-refractivity contribution in [3.8, 4) is 6.07 Å². The molecule has 0 atom stereocenters. The minimum absolute atomic E-state index is 0.0374. The van der Waals surface area contributed by atoms with E-state index in [0.29, 0.717) is 0 Å². The van der Waals surface area contributed by atoms with E-state index >= 15 is 0 Å². The van der Waals surface area contributed by atoms with Crippen LogP contribution in [0.2, 0.25) is 0 Å². The Bertz CT molecular complexity index is 366. The van der Waals surface area contributed by atoms with Gasteiger partial charge in [0.25, 0.3) is 0 Å². The average Bonchev–Trinajstić information content (AvgIpc) is 2.85. The summed E-state index contributed by atoms with van der Waals surface area (Å²) in [5, 5.41) is 13.4. The highest BCUT2D eigenvalue weighted by molar-refractivity contribution is 5.06. The summed E-state index contributed by atoms with van der Waals surface area (Å²) < 4.78 is 1.90. The molecule has 80 valence electrons. The first kappa shape index (κ1) is 10.2. The van der Waals surface area contributed by atoms with Gasteiger partial charge >= 0.3 is 0 Å². The number of nitriles is 1. The van der Waals surface area contributed by atoms with Crippen molar-refractivity contribution in [2.75, 3.05) is 0 Å². The van der Waals surface area contributed by atoms with Gasteiger partial charge in [-0.15, -0.1) is 0 Å². The molecule has 1 fully saturated rings. The highest BCUT2D eigenvalue weighted by Gasteiger charge is 2.33. The Kier molecular flexibility index (Phi) is 2.77. The fraction of sp³-hybridized carbons (Fsp3) is 0.667. The predicted molar refractivity (Wildman–Crippen MR) is 58.0 cm³/mol. The third-order valence-electron chi connectivity index (χ3n) is 3.58. The zero-order valence-electron chi connectivity index (χ0n) is 9.24. The van der Waals surface area contributed by atoms with Crippen LogP contribution in [0.4, 0.5) is 0 Å². The third-order valence-corrected chi connectivity index (χ3v) is 3.58. The molecule has 1 heterocycles. The topological polar surface area (TPSA) is 41.6 Å². The molecule has 1 aliphatic carbocycles. The minimum atomic E-state index is -0.0374. The quantitative estimate of drug-likeness (QED) is 0.757. The maximum absolute atomic E-state index is 9.24. The zero-order chi connectivity index (χ0) is 10.7. The Balaban J connectivity index is 1.98. The van der Waals surface area contributed by atoms with Gasteiger partial charge in [0.2, 0.25) is 0 Å². The Morgan fingerprint density at radius 1 is 1.53 bits per heavy atom. The molecule has 1 aromatic rings. The summed E-state index contributed by atoms with van der Waals surface area (Å²) in [6.45, 7) is 0. The van der Waals surface area contributed by atoms with E-state index in [1.807, 2.05) is 24.0 Å². The van der Waals surface area contributed by atoms with Crippen LogP contribution in [0.25, 0.3) is 0 Å². The van der Waals surface area contributed by atoms with E-state index in [1.54, 1.807) is 0 Å². The lowest BCUT2D eigenvalue weighted by atomic mass is 9.83. The summed E-state index contributed by atoms with van der Waals surface area (Å²) in [6.07, 6.45) is 8.40. The molecular weight excluding hydrogens is 186 g/mol. The van der Waals surface area contributed by atoms with Gasteiger partial charge in [0.15, 0.2) is 0 Å². The van der Waals surface area contributed by atoms with Gasteiger partial charge in [0.1, 0.15) is 0 Å². The van der Waals surface area contributed by atoms with Crippen LogP contribution >= 0.6 is 0 Å². The predicted octanol–water partition coefficient (Wildman–Crippen LogP) is 2.44. The van der Waals surface area contributed by atoms with E-state index in [4.69, 9.17) is 0 Å². The summed E-state index contributed by atoms with van der Waals surface area (Å²) in [6, 6.07) is 4.57. The fourth-order valence-electron chi connectivity index (χ4n) is 2.48. The van der Waals surface area contributed by atoms with Crippen LogP contribution in [-0.4, -0.2) is 9.78 Å². The largest absolute Gasteiger partial charge is 0.273 e. The second-order valence-electron chi connectivity index (χ2n) is 4.55. The second kappa shape index (κ2) is 4.06. The summed E-state index contributed by atoms with van der Waals surface area (Å²) >= 11 is 0. The average molecular weight is 203 g/mol. The molecule has 2 rings (SSSR count). The van der Waals surface area contributed by atoms with Crippen LogP contribution in [-0.2, 0) is 13.5 Å². The molecule has 15 heavy (non-hydrogen) atoms. The summed E-state index contributed by atoms with van der Waals surface area (Å²) in [7, 11) is 1.96. The van der Waals surface area contributed by atoms with Gasteiger partial charge in [-0.3, -0.25) is 4.68 Å². The normalized spacial score (nSPS) is 18.9. The SMILES string of the molecule is Cn1nccc1CCC1(C#N)CCCC1. The molecule has 0 radical (unpaired) electrons. The van der Waals surface area contributed by atoms with Crippen molar-refractivity contribution in [2.24, 2.45) is 12.5 Å². The first-order valence-electron chi connectivity index (χ1n) is 5.64. The lowest BCUT2D eigenvalue weighted by Crippen LogP contribution is -2.15. The third kappa shape index (κ3) is 2.04. The maximum Gasteiger partial charge on any atom is 0.0689 e. The van der Waals surface area contributed by atoms with E-state index in [9.17, 15) is 5.26 Å². The Hall–Kier alpha value is -1.30. The Morgan fingerprint density at radius 3 is 2.80 bits per heavy atom. The number of aromatic nitrogens is 2. The number of rotatable bonds is 3. The fourth-order valence-corrected chi connectivity index (χ4v) is 2.48. The number of hydrogen-bond acceptors (Lipinski definition) is 2. The van der Waals surface area contributed by atoms with Crippen molar-refractivity contribution in [1.82, 2.24) is 9.78 Å². The molecule has 0 aromatic carbocycles. The molecule has 1 aliphatic rings. The van der Waals surface area contributed by atoms with E-state index in [0.717, 1.165) is 25.7 Å². The molecule has 0 unspecified atom stereocenters. The minimum Gasteiger partial charge on any atom is -0.273 e. The smallest absolute Gasteiger partial charge is 0.0689 e. The highest BCUT2D eigenvalue weighted by Crippen LogP contribution is 2.41. The van der Waals surface area contributed by atoms with Gasteiger partial charge < -0.3 is 0 Å². The van der Waals surface area contributed by atoms with Crippen LogP contribution in [0.15, 0.2) is 12.3 Å². The monoisotopic (exact) mass is 203 g/mol. The zero-order valence-corrected chi connectivity index (χ0v) is 9.24. The molecular formula is C12H17N3. The van der Waals surface area contributed by atoms with Gasteiger partial charge in [0.05, 0.1) is 11.5 Å². The second-order valence-corrected chi connectivity index (χ2v) is 4.55. The van der Waals surface area contributed by atoms with Crippen LogP contribution in [0.1, 0.15) is 37.8 Å². The molecule has 3 heteroatoms. The molecule has 0 spiro atoms. The van der Waals surface area contributed by atoms with E-state index in [1.165, 1.54) is 18.5 Å². The van der Waals surface area contributed by atoms with E-state index < -0.39 is 0 Å². The van der Waals surface area contributed by atoms with E-state index in [-0.39, 0.29) is 5.41 Å². The lowest BCUT2D eigenvalue weighted by Gasteiger charge is -2.19. The molecule has 3 nitrogen and oxygen atoms in total. The van der Waals surface area contributed by atoms with Crippen molar-refractivity contribution in [1.29, 1.82) is 5.26 Å². The molecule has 0 aliphatic heterocycles. The number of hydrogen-bond donors (Lipinski definition) is 0. The lowest BCUT2D eigenvalue weighted by molar-refractivity contribution is 0.372. The number of nitrogens with zero attached hydrogens (tertiary/aromatic N) is 3. The molecule has 0 N–H and O–H groups in total. The summed E-state index contributed by atoms with van der Waals surface area (Å²) in [5.41, 5.74) is 1.20. The molecule has 0 bridgehead atoms. The van der Waals surface area contributed by atoms with Crippen LogP contribution in [0.5, 0.6) is 0 Å². The standard InChI is InChI=1S/C12H17N3/c1-15-11(5-9-14-15)4-8-12(10-13)6-2-3-7-12/h5,9H,2-4,6-8H2,1H3. The summed E-state index contributed by atoms with van der Waals surface area (Å²) in [5.74, 6) is 0. The van der Waals surface area contributed by atoms with Crippen molar-refractivity contribution >= 4 is 0 Å². The van der Waals surface area contributed by atoms with E-state index in [2.05, 4.69) is 11.2 Å². The highest BCUT2D eigenvalue weighted by atomic mass is 15.2. The molecule has 0 amide bonds. The maximum atomic E-state index is 9.24. The van der Waals surface area contributed by atoms with Crippen molar-refractivity contribution in [3.05, 3.63) is 18.0 Å². The molecule has 1 aromatic heterocycles. The first-order chi connectivity index (χ1) is 7.26. The summed E-state index contributed by atoms with van der Waals surface area (Å²) in [4.78, 5) is 0. The Labute approximate surface area is 90.7 Å². The first-order valence-corrected chi connectivity index (χ1v) is 5.64. The van der Waals surface area contributed by atoms with Crippen LogP contribution < -0.4 is 0 Å². The van der Waals surface area contributed by atoms with Crippen molar-refractivity contribution in [3.63, 3.8) is 0 Å². The van der Waals surface area contributed by atoms with Gasteiger partial charge in [-0.1, -0.05) is 12.8 Å². The number of aryl methyl sites for hydroxylation is 2. The molecule has 1 saturated carbocycles. The molecule has 0 saturated heterocycles. The van der Waals surface area contributed by atoms with Gasteiger partial charge in [-0.05, 0) is 31.7 Å². The Morgan fingerprint density at radius 2 is 2.27 bits per heavy atom.